The van der Waals surface area contributed by atoms with Gasteiger partial charge in [-0.1, -0.05) is 11.6 Å². The molecule has 0 aromatic carbocycles. The van der Waals surface area contributed by atoms with Gasteiger partial charge in [0.2, 0.25) is 0 Å². The number of aromatic nitrogens is 3. The Morgan fingerprint density at radius 2 is 2.10 bits per heavy atom. The van der Waals surface area contributed by atoms with Crippen molar-refractivity contribution in [2.24, 2.45) is 11.8 Å². The molecule has 3 aromatic heterocycles. The van der Waals surface area contributed by atoms with Crippen molar-refractivity contribution in [3.05, 3.63) is 28.9 Å². The van der Waals surface area contributed by atoms with Gasteiger partial charge in [-0.05, 0) is 37.2 Å². The van der Waals surface area contributed by atoms with Crippen LogP contribution in [0.4, 0.5) is 9.18 Å². The highest BCUT2D eigenvalue weighted by Crippen LogP contribution is 2.58. The van der Waals surface area contributed by atoms with Crippen molar-refractivity contribution in [2.75, 3.05) is 19.4 Å². The lowest BCUT2D eigenvalue weighted by Gasteiger charge is -2.39. The molecule has 0 N–H and O–H groups in total. The number of cyclic esters (lactones) is 1. The van der Waals surface area contributed by atoms with Gasteiger partial charge in [-0.2, -0.15) is 0 Å². The first-order chi connectivity index (χ1) is 14.9. The van der Waals surface area contributed by atoms with E-state index in [2.05, 4.69) is 14.5 Å². The first-order valence-corrected chi connectivity index (χ1v) is 12.3. The standard InChI is InChI=1S/C21H20ClFN4O3S/c1-31(29)20-13-7-12(9-26-4-5-30-21(26)28)27(17-10-2-3-11(17)6-10)18(13)14-8-24-19(22)15(23)16(14)25-20/h7-8,10-11,17H,2-6,9H2,1H3. The molecule has 3 unspecified atom stereocenters. The fourth-order valence-electron chi connectivity index (χ4n) is 5.65. The van der Waals surface area contributed by atoms with E-state index < -0.39 is 16.6 Å². The summed E-state index contributed by atoms with van der Waals surface area (Å²) < 4.78 is 34.9. The zero-order valence-electron chi connectivity index (χ0n) is 16.8. The molecule has 7 nitrogen and oxygen atoms in total. The maximum atomic E-state index is 14.9. The quantitative estimate of drug-likeness (QED) is 0.547. The van der Waals surface area contributed by atoms with Crippen molar-refractivity contribution in [1.29, 1.82) is 0 Å². The van der Waals surface area contributed by atoms with Crippen molar-refractivity contribution in [1.82, 2.24) is 19.4 Å². The summed E-state index contributed by atoms with van der Waals surface area (Å²) in [5.74, 6) is 0.393. The van der Waals surface area contributed by atoms with Gasteiger partial charge in [-0.3, -0.25) is 9.11 Å². The Labute approximate surface area is 185 Å². The minimum absolute atomic E-state index is 0.0795. The first kappa shape index (κ1) is 19.4. The molecule has 7 rings (SSSR count). The molecule has 2 bridgehead atoms. The number of carbonyl (C=O) groups is 1. The highest BCUT2D eigenvalue weighted by atomic mass is 35.5. The SMILES string of the molecule is CS(=O)c1nc2c(F)c(Cl)ncc2c2c1cc(CN1CCOC1=O)n2C1C2CCC1C2. The number of halogens is 2. The number of rotatable bonds is 4. The van der Waals surface area contributed by atoms with Crippen LogP contribution < -0.4 is 0 Å². The van der Waals surface area contributed by atoms with Crippen LogP contribution in [0.1, 0.15) is 31.0 Å². The molecule has 3 aliphatic carbocycles. The smallest absolute Gasteiger partial charge is 0.410 e. The Balaban J connectivity index is 1.67. The van der Waals surface area contributed by atoms with Crippen molar-refractivity contribution in [3.8, 4) is 0 Å². The van der Waals surface area contributed by atoms with Crippen molar-refractivity contribution >= 4 is 50.3 Å². The van der Waals surface area contributed by atoms with Crippen LogP contribution in [-0.4, -0.2) is 49.1 Å². The van der Waals surface area contributed by atoms with Crippen molar-refractivity contribution in [2.45, 2.75) is 36.9 Å². The number of hydrogen-bond acceptors (Lipinski definition) is 5. The van der Waals surface area contributed by atoms with Gasteiger partial charge < -0.3 is 9.30 Å². The van der Waals surface area contributed by atoms with Crippen LogP contribution in [0.2, 0.25) is 5.15 Å². The molecule has 1 amide bonds. The molecule has 4 aliphatic rings. The fraction of sp³-hybridized carbons (Fsp3) is 0.476. The van der Waals surface area contributed by atoms with E-state index in [0.717, 1.165) is 24.1 Å². The predicted molar refractivity (Wildman–Crippen MR) is 114 cm³/mol. The largest absolute Gasteiger partial charge is 0.448 e. The summed E-state index contributed by atoms with van der Waals surface area (Å²) in [5, 5.41) is 1.33. The summed E-state index contributed by atoms with van der Waals surface area (Å²) in [6, 6.07) is 2.22. The second-order valence-electron chi connectivity index (χ2n) is 8.62. The maximum Gasteiger partial charge on any atom is 0.410 e. The first-order valence-electron chi connectivity index (χ1n) is 10.4. The van der Waals surface area contributed by atoms with Crippen LogP contribution in [0.25, 0.3) is 21.8 Å². The summed E-state index contributed by atoms with van der Waals surface area (Å²) in [4.78, 5) is 22.2. The molecule has 162 valence electrons. The molecule has 4 heterocycles. The Bertz CT molecular complexity index is 1280. The molecular weight excluding hydrogens is 443 g/mol. The van der Waals surface area contributed by atoms with Gasteiger partial charge in [0.25, 0.3) is 0 Å². The average Bonchev–Trinajstić information content (AvgIpc) is 3.50. The zero-order valence-corrected chi connectivity index (χ0v) is 18.4. The van der Waals surface area contributed by atoms with Gasteiger partial charge in [-0.15, -0.1) is 0 Å². The normalized spacial score (nSPS) is 26.0. The summed E-state index contributed by atoms with van der Waals surface area (Å²) in [6.07, 6.45) is 6.25. The third-order valence-corrected chi connectivity index (χ3v) is 8.13. The Morgan fingerprint density at radius 1 is 1.32 bits per heavy atom. The fourth-order valence-corrected chi connectivity index (χ4v) is 6.47. The number of pyridine rings is 2. The van der Waals surface area contributed by atoms with Gasteiger partial charge in [0, 0.05) is 35.0 Å². The van der Waals surface area contributed by atoms with E-state index >= 15 is 0 Å². The topological polar surface area (TPSA) is 77.3 Å². The highest BCUT2D eigenvalue weighted by Gasteiger charge is 2.49. The molecule has 1 aliphatic heterocycles. The third kappa shape index (κ3) is 2.75. The number of carbonyl (C=O) groups excluding carboxylic acids is 1. The lowest BCUT2D eigenvalue weighted by molar-refractivity contribution is 0.150. The van der Waals surface area contributed by atoms with Gasteiger partial charge in [0.15, 0.2) is 11.0 Å². The van der Waals surface area contributed by atoms with E-state index in [-0.39, 0.29) is 22.8 Å². The van der Waals surface area contributed by atoms with Crippen LogP contribution in [-0.2, 0) is 22.1 Å². The van der Waals surface area contributed by atoms with Gasteiger partial charge >= 0.3 is 6.09 Å². The van der Waals surface area contributed by atoms with E-state index in [1.807, 2.05) is 6.07 Å². The van der Waals surface area contributed by atoms with Crippen LogP contribution in [0.5, 0.6) is 0 Å². The molecule has 4 fully saturated rings. The number of amides is 1. The number of nitrogens with zero attached hydrogens (tertiary/aromatic N) is 4. The van der Waals surface area contributed by atoms with Gasteiger partial charge in [-0.25, -0.2) is 19.2 Å². The van der Waals surface area contributed by atoms with Crippen LogP contribution in [0.15, 0.2) is 17.3 Å². The molecule has 1 saturated heterocycles. The van der Waals surface area contributed by atoms with E-state index in [0.29, 0.717) is 47.3 Å². The number of ether oxygens (including phenoxy) is 1. The second-order valence-corrected chi connectivity index (χ2v) is 10.3. The molecule has 10 heteroatoms. The summed E-state index contributed by atoms with van der Waals surface area (Å²) >= 11 is 5.94. The Hall–Kier alpha value is -2.26. The van der Waals surface area contributed by atoms with Crippen LogP contribution in [0.3, 0.4) is 0 Å². The van der Waals surface area contributed by atoms with E-state index in [1.165, 1.54) is 12.7 Å². The second kappa shape index (κ2) is 6.87. The maximum absolute atomic E-state index is 14.9. The molecule has 3 saturated carbocycles. The monoisotopic (exact) mass is 462 g/mol. The summed E-state index contributed by atoms with van der Waals surface area (Å²) in [7, 11) is -1.44. The number of fused-ring (bicyclic) bond motifs is 4. The Morgan fingerprint density at radius 3 is 2.74 bits per heavy atom. The van der Waals surface area contributed by atoms with E-state index in [9.17, 15) is 13.4 Å². The van der Waals surface area contributed by atoms with E-state index in [4.69, 9.17) is 16.3 Å². The average molecular weight is 463 g/mol. The Kier molecular flexibility index (Phi) is 4.30. The van der Waals surface area contributed by atoms with E-state index in [1.54, 1.807) is 11.1 Å². The molecular formula is C21H20ClFN4O3S. The van der Waals surface area contributed by atoms with Crippen molar-refractivity contribution < 1.29 is 18.1 Å². The van der Waals surface area contributed by atoms with Crippen molar-refractivity contribution in [3.63, 3.8) is 0 Å². The summed E-state index contributed by atoms with van der Waals surface area (Å²) in [5.41, 5.74) is 1.78. The molecule has 0 spiro atoms. The lowest BCUT2D eigenvalue weighted by atomic mass is 9.78. The molecule has 0 radical (unpaired) electrons. The summed E-state index contributed by atoms with van der Waals surface area (Å²) in [6.45, 7) is 1.27. The molecule has 3 atom stereocenters. The zero-order chi connectivity index (χ0) is 21.4. The molecule has 31 heavy (non-hydrogen) atoms. The van der Waals surface area contributed by atoms with Crippen LogP contribution >= 0.6 is 11.6 Å². The minimum atomic E-state index is -1.44. The lowest BCUT2D eigenvalue weighted by Crippen LogP contribution is -2.33. The number of hydrogen-bond donors (Lipinski definition) is 0. The van der Waals surface area contributed by atoms with Gasteiger partial charge in [0.05, 0.1) is 29.4 Å². The highest BCUT2D eigenvalue weighted by molar-refractivity contribution is 7.84. The predicted octanol–water partition coefficient (Wildman–Crippen LogP) is 4.04. The minimum Gasteiger partial charge on any atom is -0.448 e. The molecule has 3 aromatic rings. The third-order valence-electron chi connectivity index (χ3n) is 7.01. The van der Waals surface area contributed by atoms with Gasteiger partial charge in [0.1, 0.15) is 17.1 Å². The van der Waals surface area contributed by atoms with Crippen LogP contribution in [0, 0.1) is 17.7 Å².